The van der Waals surface area contributed by atoms with Gasteiger partial charge in [-0.2, -0.15) is 0 Å². The molecule has 0 aromatic heterocycles. The molecule has 0 saturated carbocycles. The fourth-order valence-corrected chi connectivity index (χ4v) is 12.6. The van der Waals surface area contributed by atoms with E-state index < -0.39 is 0 Å². The van der Waals surface area contributed by atoms with Gasteiger partial charge >= 0.3 is 0 Å². The van der Waals surface area contributed by atoms with Crippen LogP contribution in [-0.2, 0) is 0 Å². The van der Waals surface area contributed by atoms with Crippen molar-refractivity contribution < 1.29 is 0 Å². The second-order valence-electron chi connectivity index (χ2n) is 21.1. The molecule has 0 N–H and O–H groups in total. The van der Waals surface area contributed by atoms with Gasteiger partial charge in [-0.3, -0.25) is 0 Å². The summed E-state index contributed by atoms with van der Waals surface area (Å²) in [5.41, 5.74) is 26.7. The Kier molecular flexibility index (Phi) is 10.1. The van der Waals surface area contributed by atoms with Crippen molar-refractivity contribution in [3.63, 3.8) is 0 Å². The highest BCUT2D eigenvalue weighted by Crippen LogP contribution is 2.54. The summed E-state index contributed by atoms with van der Waals surface area (Å²) in [5, 5.41) is 7.69. The monoisotopic (exact) mass is 948 g/mol. The van der Waals surface area contributed by atoms with Gasteiger partial charge in [-0.05, 0) is 175 Å². The molecular formula is C72H56N2. The van der Waals surface area contributed by atoms with Crippen LogP contribution in [0.4, 0.5) is 34.1 Å². The normalized spacial score (nSPS) is 14.8. The van der Waals surface area contributed by atoms with Crippen LogP contribution in [-0.4, -0.2) is 0 Å². The summed E-state index contributed by atoms with van der Waals surface area (Å²) in [7, 11) is 0. The molecule has 3 aliphatic rings. The summed E-state index contributed by atoms with van der Waals surface area (Å²) in [4.78, 5) is 5.22. The molecular weight excluding hydrogens is 893 g/mol. The molecule has 0 spiro atoms. The van der Waals surface area contributed by atoms with Crippen molar-refractivity contribution in [2.75, 3.05) is 9.80 Å². The molecule has 15 rings (SSSR count). The average Bonchev–Trinajstić information content (AvgIpc) is 3.46. The van der Waals surface area contributed by atoms with Crippen LogP contribution in [0.3, 0.4) is 0 Å². The molecule has 2 nitrogen and oxygen atoms in total. The van der Waals surface area contributed by atoms with Gasteiger partial charge in [0, 0.05) is 45.4 Å². The standard InChI is InChI=1S/C72H56N2/c1-43-23-27-55(49-15-9-7-10-16-49)37-65(43)73-67-39-57(29-25-45(67)3)53-21-13-20-52(35-53)48(6)64-42-70-62-34-32-59-63(41-69(73)61-33-31-60(64)72(62)71(59)61)47(5)51-19-14-22-54(36-51)58-30-26-46(4)68(40-58)74(70)66-38-56(28-24-44(66)2)50-17-11-8-12-18-50/h7-42,47-48H,1-6H3. The van der Waals surface area contributed by atoms with E-state index in [1.54, 1.807) is 0 Å². The minimum absolute atomic E-state index is 0.0635. The summed E-state index contributed by atoms with van der Waals surface area (Å²) in [6.07, 6.45) is 0. The Balaban J connectivity index is 1.19. The first-order valence-electron chi connectivity index (χ1n) is 26.3. The van der Waals surface area contributed by atoms with E-state index in [4.69, 9.17) is 0 Å². The summed E-state index contributed by atoms with van der Waals surface area (Å²) >= 11 is 0. The molecule has 0 aliphatic carbocycles. The molecule has 0 fully saturated rings. The van der Waals surface area contributed by atoms with Crippen LogP contribution in [0.25, 0.3) is 76.8 Å². The van der Waals surface area contributed by atoms with Gasteiger partial charge in [-0.25, -0.2) is 0 Å². The third-order valence-electron chi connectivity index (χ3n) is 16.8. The van der Waals surface area contributed by atoms with Crippen molar-refractivity contribution in [3.8, 4) is 44.5 Å². The summed E-state index contributed by atoms with van der Waals surface area (Å²) in [6, 6.07) is 83.6. The van der Waals surface area contributed by atoms with Gasteiger partial charge in [-0.15, -0.1) is 0 Å². The van der Waals surface area contributed by atoms with Gasteiger partial charge in [0.1, 0.15) is 0 Å². The number of aryl methyl sites for hydroxylation is 4. The highest BCUT2D eigenvalue weighted by Gasteiger charge is 2.30. The maximum absolute atomic E-state index is 2.61. The number of anilines is 6. The van der Waals surface area contributed by atoms with Crippen molar-refractivity contribution in [2.24, 2.45) is 0 Å². The molecule has 2 heteroatoms. The molecule has 12 aromatic rings. The number of nitrogens with zero attached hydrogens (tertiary/aromatic N) is 2. The van der Waals surface area contributed by atoms with Crippen LogP contribution in [0.5, 0.6) is 0 Å². The average molecular weight is 949 g/mol. The van der Waals surface area contributed by atoms with Crippen LogP contribution >= 0.6 is 0 Å². The number of rotatable bonds is 4. The topological polar surface area (TPSA) is 6.48 Å². The quantitative estimate of drug-likeness (QED) is 0.162. The number of hydrogen-bond acceptors (Lipinski definition) is 2. The lowest BCUT2D eigenvalue weighted by atomic mass is 9.80. The van der Waals surface area contributed by atoms with Crippen LogP contribution in [0.2, 0.25) is 0 Å². The van der Waals surface area contributed by atoms with Crippen molar-refractivity contribution in [3.05, 3.63) is 263 Å². The zero-order valence-electron chi connectivity index (χ0n) is 42.8. The molecule has 3 heterocycles. The fourth-order valence-electron chi connectivity index (χ4n) is 12.6. The Labute approximate surface area is 434 Å². The summed E-state index contributed by atoms with van der Waals surface area (Å²) in [5.74, 6) is 0.127. The Morgan fingerprint density at radius 2 is 0.568 bits per heavy atom. The molecule has 74 heavy (non-hydrogen) atoms. The van der Waals surface area contributed by atoms with Gasteiger partial charge in [-0.1, -0.05) is 196 Å². The lowest BCUT2D eigenvalue weighted by Gasteiger charge is -2.34. The van der Waals surface area contributed by atoms with Crippen molar-refractivity contribution >= 4 is 66.4 Å². The Bertz CT molecular complexity index is 3950. The summed E-state index contributed by atoms with van der Waals surface area (Å²) in [6.45, 7) is 14.0. The summed E-state index contributed by atoms with van der Waals surface area (Å²) < 4.78 is 0. The van der Waals surface area contributed by atoms with E-state index in [2.05, 4.69) is 270 Å². The van der Waals surface area contributed by atoms with Crippen molar-refractivity contribution in [1.82, 2.24) is 0 Å². The zero-order valence-corrected chi connectivity index (χ0v) is 42.8. The van der Waals surface area contributed by atoms with E-state index in [1.807, 2.05) is 0 Å². The third kappa shape index (κ3) is 6.85. The third-order valence-corrected chi connectivity index (χ3v) is 16.8. The van der Waals surface area contributed by atoms with E-state index >= 15 is 0 Å². The smallest absolute Gasteiger partial charge is 0.0543 e. The maximum Gasteiger partial charge on any atom is 0.0543 e. The first kappa shape index (κ1) is 44.0. The number of hydrogen-bond donors (Lipinski definition) is 0. The second-order valence-corrected chi connectivity index (χ2v) is 21.1. The Morgan fingerprint density at radius 1 is 0.257 bits per heavy atom. The van der Waals surface area contributed by atoms with Crippen LogP contribution in [0.1, 0.15) is 70.2 Å². The lowest BCUT2D eigenvalue weighted by Crippen LogP contribution is -2.16. The second kappa shape index (κ2) is 16.9. The first-order valence-corrected chi connectivity index (χ1v) is 26.3. The lowest BCUT2D eigenvalue weighted by molar-refractivity contribution is 0.932. The molecule has 0 radical (unpaired) electrons. The molecule has 3 aliphatic heterocycles. The van der Waals surface area contributed by atoms with Gasteiger partial charge in [0.25, 0.3) is 0 Å². The van der Waals surface area contributed by atoms with E-state index in [9.17, 15) is 0 Å². The zero-order chi connectivity index (χ0) is 49.9. The Hall–Kier alpha value is -8.72. The fraction of sp³-hybridized carbons (Fsp3) is 0.111. The minimum Gasteiger partial charge on any atom is -0.309 e. The van der Waals surface area contributed by atoms with Crippen molar-refractivity contribution in [2.45, 2.75) is 53.4 Å². The molecule has 354 valence electrons. The number of benzene rings is 12. The van der Waals surface area contributed by atoms with Crippen LogP contribution < -0.4 is 9.80 Å². The van der Waals surface area contributed by atoms with E-state index in [1.165, 1.54) is 155 Å². The SMILES string of the molecule is Cc1ccc(-c2ccccc2)cc1N1c2cc(ccc2C)-c2cccc(c2)C(C)c2cc3c4ccc5c(cc1c1ccc2c4c51)C(C)c1cccc(c1)-c1ccc(C)c(c1)N3c1cc(-c2ccccc2)ccc1C. The maximum atomic E-state index is 2.61. The molecule has 12 aromatic carbocycles. The predicted molar refractivity (Wildman–Crippen MR) is 315 cm³/mol. The molecule has 0 amide bonds. The highest BCUT2D eigenvalue weighted by molar-refractivity contribution is 6.29. The predicted octanol–water partition coefficient (Wildman–Crippen LogP) is 20.4. The largest absolute Gasteiger partial charge is 0.309 e. The van der Waals surface area contributed by atoms with E-state index in [-0.39, 0.29) is 11.8 Å². The van der Waals surface area contributed by atoms with E-state index in [0.717, 1.165) is 0 Å². The molecule has 2 unspecified atom stereocenters. The van der Waals surface area contributed by atoms with Crippen molar-refractivity contribution in [1.29, 1.82) is 0 Å². The van der Waals surface area contributed by atoms with Crippen LogP contribution in [0.15, 0.2) is 218 Å². The van der Waals surface area contributed by atoms with Gasteiger partial charge in [0.15, 0.2) is 0 Å². The minimum atomic E-state index is 0.0635. The molecule has 16 bridgehead atoms. The molecule has 2 atom stereocenters. The van der Waals surface area contributed by atoms with E-state index in [0.29, 0.717) is 0 Å². The molecule has 0 saturated heterocycles. The van der Waals surface area contributed by atoms with Gasteiger partial charge in [0.2, 0.25) is 0 Å². The van der Waals surface area contributed by atoms with Crippen LogP contribution in [0, 0.1) is 27.7 Å². The first-order chi connectivity index (χ1) is 36.2. The highest BCUT2D eigenvalue weighted by atomic mass is 15.2. The number of fused-ring (bicyclic) bond motifs is 7. The van der Waals surface area contributed by atoms with Gasteiger partial charge in [0.05, 0.1) is 11.4 Å². The Morgan fingerprint density at radius 3 is 0.932 bits per heavy atom. The van der Waals surface area contributed by atoms with Gasteiger partial charge < -0.3 is 9.80 Å².